The quantitative estimate of drug-likeness (QED) is 0.170. The van der Waals surface area contributed by atoms with Gasteiger partial charge in [-0.25, -0.2) is 9.40 Å². The number of nitrogens with zero attached hydrogens (tertiary/aromatic N) is 6. The van der Waals surface area contributed by atoms with Crippen LogP contribution in [0.1, 0.15) is 44.6 Å². The number of aromatic nitrogens is 3. The summed E-state index contributed by atoms with van der Waals surface area (Å²) in [4.78, 5) is 37.7. The van der Waals surface area contributed by atoms with Crippen LogP contribution in [-0.4, -0.2) is 48.0 Å². The fraction of sp³-hybridized carbons (Fsp3) is 0.222. The Labute approximate surface area is 242 Å². The van der Waals surface area contributed by atoms with Gasteiger partial charge in [0.1, 0.15) is 5.82 Å². The number of benzene rings is 2. The molecule has 0 saturated carbocycles. The van der Waals surface area contributed by atoms with Crippen LogP contribution < -0.4 is 5.32 Å². The molecule has 2 aromatic carbocycles. The minimum atomic E-state index is -0.530. The summed E-state index contributed by atoms with van der Waals surface area (Å²) in [5, 5.41) is 30.7. The Kier molecular flexibility index (Phi) is 8.21. The Morgan fingerprint density at radius 1 is 1.17 bits per heavy atom. The molecule has 4 aromatic rings. The standard InChI is InChI=1S/C27H24FN7O4S2/c1-16-19(5-3-6-21(16)35(38)39)26(37)29-14-24-30-31-27(33(24)2)41-15-25(36)34-22(17-8-10-18(28)11-9-17)13-20(32-34)23-7-4-12-40-23/h3-12,22H,13-15H2,1-2H3,(H,29,37). The topological polar surface area (TPSA) is 136 Å². The summed E-state index contributed by atoms with van der Waals surface area (Å²) < 4.78 is 15.2. The van der Waals surface area contributed by atoms with Crippen molar-refractivity contribution in [2.75, 3.05) is 5.75 Å². The fourth-order valence-corrected chi connectivity index (χ4v) is 5.92. The van der Waals surface area contributed by atoms with Crippen LogP contribution in [0.5, 0.6) is 0 Å². The first-order valence-corrected chi connectivity index (χ1v) is 14.3. The molecule has 14 heteroatoms. The monoisotopic (exact) mass is 593 g/mol. The Morgan fingerprint density at radius 2 is 1.95 bits per heavy atom. The zero-order valence-corrected chi connectivity index (χ0v) is 23.6. The van der Waals surface area contributed by atoms with E-state index in [4.69, 9.17) is 0 Å². The highest BCUT2D eigenvalue weighted by Gasteiger charge is 2.33. The summed E-state index contributed by atoms with van der Waals surface area (Å²) in [6.07, 6.45) is 0.514. The molecule has 1 aliphatic rings. The first kappa shape index (κ1) is 28.1. The summed E-state index contributed by atoms with van der Waals surface area (Å²) in [5.74, 6) is -0.591. The van der Waals surface area contributed by atoms with Gasteiger partial charge in [-0.1, -0.05) is 36.0 Å². The van der Waals surface area contributed by atoms with Gasteiger partial charge in [-0.05, 0) is 42.1 Å². The average molecular weight is 594 g/mol. The first-order valence-electron chi connectivity index (χ1n) is 12.4. The van der Waals surface area contributed by atoms with E-state index in [0.717, 1.165) is 16.2 Å². The molecule has 2 aromatic heterocycles. The highest BCUT2D eigenvalue weighted by atomic mass is 32.2. The summed E-state index contributed by atoms with van der Waals surface area (Å²) in [5.41, 5.74) is 1.92. The number of rotatable bonds is 9. The fourth-order valence-electron chi connectivity index (χ4n) is 4.42. The van der Waals surface area contributed by atoms with Gasteiger partial charge in [-0.15, -0.1) is 21.5 Å². The molecular formula is C27H24FN7O4S2. The minimum Gasteiger partial charge on any atom is -0.345 e. The maximum Gasteiger partial charge on any atom is 0.273 e. The Balaban J connectivity index is 1.25. The molecule has 0 fully saturated rings. The lowest BCUT2D eigenvalue weighted by Crippen LogP contribution is -2.28. The lowest BCUT2D eigenvalue weighted by Gasteiger charge is -2.21. The molecule has 0 bridgehead atoms. The molecular weight excluding hydrogens is 569 g/mol. The molecule has 3 heterocycles. The average Bonchev–Trinajstić information content (AvgIpc) is 3.71. The van der Waals surface area contributed by atoms with Gasteiger partial charge in [-0.3, -0.25) is 19.7 Å². The molecule has 0 saturated heterocycles. The smallest absolute Gasteiger partial charge is 0.273 e. The van der Waals surface area contributed by atoms with E-state index in [-0.39, 0.29) is 46.9 Å². The highest BCUT2D eigenvalue weighted by Crippen LogP contribution is 2.34. The molecule has 1 atom stereocenters. The lowest BCUT2D eigenvalue weighted by atomic mass is 10.0. The summed E-state index contributed by atoms with van der Waals surface area (Å²) >= 11 is 2.72. The Bertz CT molecular complexity index is 1640. The first-order chi connectivity index (χ1) is 19.7. The van der Waals surface area contributed by atoms with Crippen LogP contribution in [-0.2, 0) is 18.4 Å². The van der Waals surface area contributed by atoms with Gasteiger partial charge in [0, 0.05) is 30.7 Å². The van der Waals surface area contributed by atoms with Crippen LogP contribution in [0.25, 0.3) is 0 Å². The molecule has 0 radical (unpaired) electrons. The molecule has 0 spiro atoms. The van der Waals surface area contributed by atoms with Crippen LogP contribution in [0, 0.1) is 22.9 Å². The van der Waals surface area contributed by atoms with Gasteiger partial charge in [-0.2, -0.15) is 5.10 Å². The zero-order chi connectivity index (χ0) is 29.1. The number of nitro groups is 1. The van der Waals surface area contributed by atoms with Gasteiger partial charge in [0.2, 0.25) is 0 Å². The van der Waals surface area contributed by atoms with Crippen molar-refractivity contribution in [2.24, 2.45) is 12.1 Å². The van der Waals surface area contributed by atoms with Crippen molar-refractivity contribution in [1.82, 2.24) is 25.1 Å². The van der Waals surface area contributed by atoms with E-state index in [9.17, 15) is 24.1 Å². The Hall–Kier alpha value is -4.43. The molecule has 1 N–H and O–H groups in total. The molecule has 1 aliphatic heterocycles. The number of thiophene rings is 1. The lowest BCUT2D eigenvalue weighted by molar-refractivity contribution is -0.385. The van der Waals surface area contributed by atoms with Gasteiger partial charge in [0.05, 0.1) is 33.9 Å². The van der Waals surface area contributed by atoms with E-state index in [2.05, 4.69) is 20.6 Å². The van der Waals surface area contributed by atoms with Crippen LogP contribution in [0.15, 0.2) is 70.2 Å². The number of hydrogen-bond acceptors (Lipinski definition) is 9. The number of carbonyl (C=O) groups is 2. The van der Waals surface area contributed by atoms with Gasteiger partial charge >= 0.3 is 0 Å². The van der Waals surface area contributed by atoms with E-state index >= 15 is 0 Å². The van der Waals surface area contributed by atoms with Gasteiger partial charge in [0.25, 0.3) is 17.5 Å². The van der Waals surface area contributed by atoms with E-state index in [1.807, 2.05) is 17.5 Å². The zero-order valence-electron chi connectivity index (χ0n) is 22.0. The number of carbonyl (C=O) groups excluding carboxylic acids is 2. The van der Waals surface area contributed by atoms with Crippen LogP contribution in [0.2, 0.25) is 0 Å². The van der Waals surface area contributed by atoms with Crippen molar-refractivity contribution in [3.8, 4) is 0 Å². The van der Waals surface area contributed by atoms with Crippen molar-refractivity contribution in [3.05, 3.63) is 103 Å². The summed E-state index contributed by atoms with van der Waals surface area (Å²) in [7, 11) is 1.72. The third kappa shape index (κ3) is 6.02. The minimum absolute atomic E-state index is 0.0319. The number of amides is 2. The van der Waals surface area contributed by atoms with E-state index in [1.165, 1.54) is 54.0 Å². The molecule has 1 unspecified atom stereocenters. The molecule has 2 amide bonds. The number of nitrogens with one attached hydrogen (secondary N) is 1. The van der Waals surface area contributed by atoms with Crippen LogP contribution in [0.3, 0.4) is 0 Å². The van der Waals surface area contributed by atoms with E-state index < -0.39 is 10.8 Å². The largest absolute Gasteiger partial charge is 0.345 e. The number of halogens is 1. The van der Waals surface area contributed by atoms with E-state index in [1.54, 1.807) is 35.1 Å². The van der Waals surface area contributed by atoms with E-state index in [0.29, 0.717) is 17.4 Å². The normalized spacial score (nSPS) is 14.7. The molecule has 41 heavy (non-hydrogen) atoms. The number of thioether (sulfide) groups is 1. The highest BCUT2D eigenvalue weighted by molar-refractivity contribution is 7.99. The second kappa shape index (κ2) is 12.0. The van der Waals surface area contributed by atoms with Crippen molar-refractivity contribution < 1.29 is 18.9 Å². The van der Waals surface area contributed by atoms with Crippen molar-refractivity contribution in [3.63, 3.8) is 0 Å². The van der Waals surface area contributed by atoms with Crippen LogP contribution >= 0.6 is 23.1 Å². The summed E-state index contributed by atoms with van der Waals surface area (Å²) in [6, 6.07) is 13.9. The Morgan fingerprint density at radius 3 is 2.66 bits per heavy atom. The molecule has 210 valence electrons. The molecule has 5 rings (SSSR count). The van der Waals surface area contributed by atoms with Crippen molar-refractivity contribution >= 4 is 46.3 Å². The number of hydrogen-bond donors (Lipinski definition) is 1. The maximum absolute atomic E-state index is 13.6. The predicted molar refractivity (Wildman–Crippen MR) is 152 cm³/mol. The van der Waals surface area contributed by atoms with Gasteiger partial charge in [0.15, 0.2) is 11.0 Å². The van der Waals surface area contributed by atoms with Crippen LogP contribution in [0.4, 0.5) is 10.1 Å². The SMILES string of the molecule is Cc1c(C(=O)NCc2nnc(SCC(=O)N3N=C(c4cccs4)CC3c3ccc(F)cc3)n2C)cccc1[N+](=O)[O-]. The van der Waals surface area contributed by atoms with Gasteiger partial charge < -0.3 is 9.88 Å². The second-order valence-electron chi connectivity index (χ2n) is 9.17. The maximum atomic E-state index is 13.6. The second-order valence-corrected chi connectivity index (χ2v) is 11.1. The third-order valence-electron chi connectivity index (χ3n) is 6.63. The predicted octanol–water partition coefficient (Wildman–Crippen LogP) is 4.63. The number of hydrazone groups is 1. The molecule has 0 aliphatic carbocycles. The third-order valence-corrected chi connectivity index (χ3v) is 8.55. The van der Waals surface area contributed by atoms with Crippen molar-refractivity contribution in [1.29, 1.82) is 0 Å². The number of nitro benzene ring substituents is 1. The molecule has 11 nitrogen and oxygen atoms in total. The van der Waals surface area contributed by atoms with Crippen molar-refractivity contribution in [2.45, 2.75) is 31.1 Å². The summed E-state index contributed by atoms with van der Waals surface area (Å²) in [6.45, 7) is 1.56.